The molecule has 0 unspecified atom stereocenters. The van der Waals surface area contributed by atoms with E-state index < -0.39 is 0 Å². The van der Waals surface area contributed by atoms with Crippen LogP contribution in [0.25, 0.3) is 0 Å². The minimum atomic E-state index is -0.318. The lowest BCUT2D eigenvalue weighted by molar-refractivity contribution is -0.139. The van der Waals surface area contributed by atoms with Crippen LogP contribution in [-0.2, 0) is 9.53 Å². The Morgan fingerprint density at radius 2 is 1.42 bits per heavy atom. The molecule has 132 valence electrons. The number of anilines is 2. The van der Waals surface area contributed by atoms with Gasteiger partial charge in [0, 0.05) is 44.7 Å². The zero-order valence-electron chi connectivity index (χ0n) is 14.9. The lowest BCUT2D eigenvalue weighted by Crippen LogP contribution is -2.51. The number of piperazine rings is 1. The van der Waals surface area contributed by atoms with E-state index >= 15 is 0 Å². The molecule has 0 bridgehead atoms. The first-order valence-corrected chi connectivity index (χ1v) is 8.66. The van der Waals surface area contributed by atoms with Gasteiger partial charge in [0.15, 0.2) is 11.6 Å². The van der Waals surface area contributed by atoms with E-state index in [9.17, 15) is 4.79 Å². The Kier molecular flexibility index (Phi) is 4.89. The summed E-state index contributed by atoms with van der Waals surface area (Å²) in [6, 6.07) is 4.05. The normalized spacial score (nSPS) is 19.5. The summed E-state index contributed by atoms with van der Waals surface area (Å²) in [6.45, 7) is 12.2. The summed E-state index contributed by atoms with van der Waals surface area (Å²) in [5.41, 5.74) is -0.318. The molecule has 1 aromatic rings. The van der Waals surface area contributed by atoms with Crippen LogP contribution < -0.4 is 9.80 Å². The third kappa shape index (κ3) is 3.77. The molecular weight excluding hydrogens is 306 g/mol. The van der Waals surface area contributed by atoms with E-state index in [4.69, 9.17) is 4.74 Å². The third-order valence-electron chi connectivity index (χ3n) is 4.50. The summed E-state index contributed by atoms with van der Waals surface area (Å²) in [5, 5.41) is 8.76. The molecule has 7 heteroatoms. The fourth-order valence-corrected chi connectivity index (χ4v) is 3.06. The van der Waals surface area contributed by atoms with E-state index in [2.05, 4.69) is 20.0 Å². The fourth-order valence-electron chi connectivity index (χ4n) is 3.06. The molecule has 0 aromatic carbocycles. The van der Waals surface area contributed by atoms with Gasteiger partial charge in [-0.1, -0.05) is 20.8 Å². The van der Waals surface area contributed by atoms with Crippen molar-refractivity contribution >= 4 is 17.5 Å². The quantitative estimate of drug-likeness (QED) is 0.805. The molecule has 2 fully saturated rings. The number of aromatic nitrogens is 2. The molecule has 2 aliphatic heterocycles. The summed E-state index contributed by atoms with van der Waals surface area (Å²) >= 11 is 0. The third-order valence-corrected chi connectivity index (χ3v) is 4.50. The molecule has 0 aliphatic carbocycles. The predicted octanol–water partition coefficient (Wildman–Crippen LogP) is 1.01. The second-order valence-electron chi connectivity index (χ2n) is 7.38. The zero-order chi connectivity index (χ0) is 17.2. The molecule has 24 heavy (non-hydrogen) atoms. The van der Waals surface area contributed by atoms with Crippen molar-refractivity contribution in [3.05, 3.63) is 12.1 Å². The van der Waals surface area contributed by atoms with E-state index in [0.717, 1.165) is 64.1 Å². The van der Waals surface area contributed by atoms with Gasteiger partial charge in [-0.25, -0.2) is 0 Å². The van der Waals surface area contributed by atoms with Gasteiger partial charge in [0.1, 0.15) is 0 Å². The Hall–Kier alpha value is -1.89. The van der Waals surface area contributed by atoms with Crippen molar-refractivity contribution in [1.82, 2.24) is 15.1 Å². The number of amides is 1. The molecule has 0 saturated carbocycles. The van der Waals surface area contributed by atoms with E-state index in [1.807, 2.05) is 37.8 Å². The first-order chi connectivity index (χ1) is 11.4. The second kappa shape index (κ2) is 6.93. The number of rotatable bonds is 2. The smallest absolute Gasteiger partial charge is 0.228 e. The molecule has 1 aromatic heterocycles. The van der Waals surface area contributed by atoms with E-state index in [-0.39, 0.29) is 11.3 Å². The SMILES string of the molecule is CC(C)(C)C(=O)N1CCN(c2ccc(N3CCOCC3)nn2)CC1. The summed E-state index contributed by atoms with van der Waals surface area (Å²) < 4.78 is 5.36. The molecule has 1 amide bonds. The Bertz CT molecular complexity index is 555. The summed E-state index contributed by atoms with van der Waals surface area (Å²) in [6.07, 6.45) is 0. The predicted molar refractivity (Wildman–Crippen MR) is 93.3 cm³/mol. The van der Waals surface area contributed by atoms with Crippen molar-refractivity contribution in [1.29, 1.82) is 0 Å². The molecule has 7 nitrogen and oxygen atoms in total. The maximum atomic E-state index is 12.3. The van der Waals surface area contributed by atoms with Crippen LogP contribution in [0.3, 0.4) is 0 Å². The van der Waals surface area contributed by atoms with E-state index in [1.54, 1.807) is 0 Å². The lowest BCUT2D eigenvalue weighted by Gasteiger charge is -2.38. The Morgan fingerprint density at radius 1 is 0.917 bits per heavy atom. The summed E-state index contributed by atoms with van der Waals surface area (Å²) in [7, 11) is 0. The van der Waals surface area contributed by atoms with Crippen LogP contribution in [0.2, 0.25) is 0 Å². The maximum Gasteiger partial charge on any atom is 0.228 e. The minimum absolute atomic E-state index is 0.218. The van der Waals surface area contributed by atoms with Crippen molar-refractivity contribution < 1.29 is 9.53 Å². The molecule has 0 spiro atoms. The van der Waals surface area contributed by atoms with Crippen LogP contribution in [0.4, 0.5) is 11.6 Å². The van der Waals surface area contributed by atoms with Gasteiger partial charge in [0.2, 0.25) is 5.91 Å². The lowest BCUT2D eigenvalue weighted by atomic mass is 9.94. The van der Waals surface area contributed by atoms with Gasteiger partial charge in [-0.2, -0.15) is 0 Å². The van der Waals surface area contributed by atoms with Crippen LogP contribution in [0.15, 0.2) is 12.1 Å². The topological polar surface area (TPSA) is 61.8 Å². The largest absolute Gasteiger partial charge is 0.378 e. The van der Waals surface area contributed by atoms with Crippen LogP contribution >= 0.6 is 0 Å². The van der Waals surface area contributed by atoms with Gasteiger partial charge in [-0.15, -0.1) is 10.2 Å². The van der Waals surface area contributed by atoms with Crippen LogP contribution in [-0.4, -0.2) is 73.5 Å². The fraction of sp³-hybridized carbons (Fsp3) is 0.706. The van der Waals surface area contributed by atoms with Gasteiger partial charge in [-0.3, -0.25) is 4.79 Å². The average molecular weight is 333 g/mol. The first kappa shape index (κ1) is 17.0. The Labute approximate surface area is 143 Å². The number of ether oxygens (including phenoxy) is 1. The van der Waals surface area contributed by atoms with Crippen LogP contribution in [0.5, 0.6) is 0 Å². The first-order valence-electron chi connectivity index (χ1n) is 8.66. The molecule has 0 N–H and O–H groups in total. The monoisotopic (exact) mass is 333 g/mol. The average Bonchev–Trinajstić information content (AvgIpc) is 2.61. The number of carbonyl (C=O) groups is 1. The number of nitrogens with zero attached hydrogens (tertiary/aromatic N) is 5. The number of carbonyl (C=O) groups excluding carboxylic acids is 1. The van der Waals surface area contributed by atoms with Crippen molar-refractivity contribution in [3.8, 4) is 0 Å². The van der Waals surface area contributed by atoms with Gasteiger partial charge < -0.3 is 19.4 Å². The number of morpholine rings is 1. The highest BCUT2D eigenvalue weighted by atomic mass is 16.5. The standard InChI is InChI=1S/C17H27N5O2/c1-17(2,3)16(23)22-8-6-20(7-9-22)14-4-5-15(19-18-14)21-10-12-24-13-11-21/h4-5H,6-13H2,1-3H3. The molecule has 0 atom stereocenters. The van der Waals surface area contributed by atoms with Crippen LogP contribution in [0.1, 0.15) is 20.8 Å². The maximum absolute atomic E-state index is 12.3. The van der Waals surface area contributed by atoms with Crippen molar-refractivity contribution in [2.75, 3.05) is 62.3 Å². The molecule has 2 saturated heterocycles. The van der Waals surface area contributed by atoms with Gasteiger partial charge in [0.25, 0.3) is 0 Å². The van der Waals surface area contributed by atoms with Crippen molar-refractivity contribution in [3.63, 3.8) is 0 Å². The highest BCUT2D eigenvalue weighted by Crippen LogP contribution is 2.21. The highest BCUT2D eigenvalue weighted by Gasteiger charge is 2.30. The molecular formula is C17H27N5O2. The van der Waals surface area contributed by atoms with Gasteiger partial charge in [-0.05, 0) is 12.1 Å². The zero-order valence-corrected chi connectivity index (χ0v) is 14.9. The van der Waals surface area contributed by atoms with Gasteiger partial charge >= 0.3 is 0 Å². The number of hydrogen-bond donors (Lipinski definition) is 0. The minimum Gasteiger partial charge on any atom is -0.378 e. The molecule has 0 radical (unpaired) electrons. The molecule has 3 heterocycles. The van der Waals surface area contributed by atoms with E-state index in [0.29, 0.717) is 0 Å². The summed E-state index contributed by atoms with van der Waals surface area (Å²) in [4.78, 5) is 18.7. The van der Waals surface area contributed by atoms with E-state index in [1.165, 1.54) is 0 Å². The highest BCUT2D eigenvalue weighted by molar-refractivity contribution is 5.81. The van der Waals surface area contributed by atoms with Gasteiger partial charge in [0.05, 0.1) is 13.2 Å². The van der Waals surface area contributed by atoms with Crippen molar-refractivity contribution in [2.45, 2.75) is 20.8 Å². The number of hydrogen-bond acceptors (Lipinski definition) is 6. The van der Waals surface area contributed by atoms with Crippen LogP contribution in [0, 0.1) is 5.41 Å². The van der Waals surface area contributed by atoms with Crippen molar-refractivity contribution in [2.24, 2.45) is 5.41 Å². The molecule has 3 rings (SSSR count). The Morgan fingerprint density at radius 3 is 1.88 bits per heavy atom. The second-order valence-corrected chi connectivity index (χ2v) is 7.38. The summed E-state index contributed by atoms with van der Waals surface area (Å²) in [5.74, 6) is 2.01. The molecule has 2 aliphatic rings. The Balaban J connectivity index is 1.57.